The molecule has 2 aromatic rings. The van der Waals surface area contributed by atoms with Crippen molar-refractivity contribution in [1.82, 2.24) is 15.3 Å². The van der Waals surface area contributed by atoms with E-state index in [0.717, 1.165) is 22.9 Å². The molecule has 1 N–H and O–H groups in total. The number of hydrogen-bond acceptors (Lipinski definition) is 5. The van der Waals surface area contributed by atoms with Crippen LogP contribution in [0.4, 0.5) is 0 Å². The van der Waals surface area contributed by atoms with Crippen molar-refractivity contribution in [2.24, 2.45) is 0 Å². The molecule has 0 fully saturated rings. The van der Waals surface area contributed by atoms with Gasteiger partial charge in [-0.15, -0.1) is 11.3 Å². The normalized spacial score (nSPS) is 15.1. The molecule has 0 bridgehead atoms. The molecule has 0 aliphatic heterocycles. The lowest BCUT2D eigenvalue weighted by molar-refractivity contribution is -0.119. The molecule has 0 saturated carbocycles. The molecule has 0 spiro atoms. The zero-order valence-corrected chi connectivity index (χ0v) is 14.2. The summed E-state index contributed by atoms with van der Waals surface area (Å²) < 4.78 is 0. The fourth-order valence-electron chi connectivity index (χ4n) is 2.47. The van der Waals surface area contributed by atoms with Crippen LogP contribution in [0.2, 0.25) is 0 Å². The Morgan fingerprint density at radius 1 is 1.41 bits per heavy atom. The van der Waals surface area contributed by atoms with Crippen LogP contribution in [0.1, 0.15) is 41.4 Å². The molecular formula is C16H19N3OS2. The lowest BCUT2D eigenvalue weighted by atomic mass is 10.0. The van der Waals surface area contributed by atoms with Crippen molar-refractivity contribution in [1.29, 1.82) is 0 Å². The molecule has 4 nitrogen and oxygen atoms in total. The third-order valence-corrected chi connectivity index (χ3v) is 5.88. The Balaban J connectivity index is 1.53. The van der Waals surface area contributed by atoms with E-state index in [-0.39, 0.29) is 11.9 Å². The van der Waals surface area contributed by atoms with Gasteiger partial charge in [-0.1, -0.05) is 17.8 Å². The summed E-state index contributed by atoms with van der Waals surface area (Å²) in [5.74, 6) is 0.406. The minimum Gasteiger partial charge on any atom is -0.346 e. The molecule has 2 aromatic heterocycles. The van der Waals surface area contributed by atoms with Gasteiger partial charge in [0.1, 0.15) is 5.01 Å². The summed E-state index contributed by atoms with van der Waals surface area (Å²) in [4.78, 5) is 22.4. The maximum atomic E-state index is 12.1. The second-order valence-corrected chi connectivity index (χ2v) is 7.49. The van der Waals surface area contributed by atoms with Crippen LogP contribution >= 0.6 is 23.1 Å². The van der Waals surface area contributed by atoms with Gasteiger partial charge in [0, 0.05) is 11.1 Å². The minimum absolute atomic E-state index is 0.0209. The highest BCUT2D eigenvalue weighted by molar-refractivity contribution is 7.99. The van der Waals surface area contributed by atoms with Crippen molar-refractivity contribution in [3.63, 3.8) is 0 Å². The standard InChI is InChI=1S/C16H19N3OS2/c1-11(16-19-12-6-2-3-7-13(12)22-16)18-14(20)10-21-15-8-4-5-9-17-15/h4-5,8-9,11H,2-3,6-7,10H2,1H3,(H,18,20)/t11-/m1/s1. The molecule has 0 saturated heterocycles. The fraction of sp³-hybridized carbons (Fsp3) is 0.438. The zero-order chi connectivity index (χ0) is 15.4. The summed E-state index contributed by atoms with van der Waals surface area (Å²) in [6, 6.07) is 5.69. The number of aryl methyl sites for hydroxylation is 2. The SMILES string of the molecule is C[C@@H](NC(=O)CSc1ccccn1)c1nc2c(s1)CCCC2. The van der Waals surface area contributed by atoms with Crippen molar-refractivity contribution in [2.45, 2.75) is 43.7 Å². The highest BCUT2D eigenvalue weighted by atomic mass is 32.2. The number of carbonyl (C=O) groups excluding carboxylic acids is 1. The molecule has 0 unspecified atom stereocenters. The topological polar surface area (TPSA) is 54.9 Å². The molecule has 1 atom stereocenters. The molecule has 0 aromatic carbocycles. The van der Waals surface area contributed by atoms with Gasteiger partial charge in [0.15, 0.2) is 0 Å². The Bertz CT molecular complexity index is 619. The second kappa shape index (κ2) is 7.24. The van der Waals surface area contributed by atoms with Crippen LogP contribution in [0.5, 0.6) is 0 Å². The van der Waals surface area contributed by atoms with E-state index < -0.39 is 0 Å². The number of hydrogen-bond donors (Lipinski definition) is 1. The fourth-order valence-corrected chi connectivity index (χ4v) is 4.30. The number of fused-ring (bicyclic) bond motifs is 1. The monoisotopic (exact) mass is 333 g/mol. The molecule has 22 heavy (non-hydrogen) atoms. The predicted octanol–water partition coefficient (Wildman–Crippen LogP) is 3.39. The molecular weight excluding hydrogens is 314 g/mol. The van der Waals surface area contributed by atoms with Crippen LogP contribution in [0.3, 0.4) is 0 Å². The third kappa shape index (κ3) is 3.87. The van der Waals surface area contributed by atoms with Crippen molar-refractivity contribution in [2.75, 3.05) is 5.75 Å². The molecule has 0 radical (unpaired) electrons. The van der Waals surface area contributed by atoms with E-state index in [9.17, 15) is 4.79 Å². The van der Waals surface area contributed by atoms with Crippen molar-refractivity contribution in [3.8, 4) is 0 Å². The first kappa shape index (κ1) is 15.5. The van der Waals surface area contributed by atoms with Gasteiger partial charge in [-0.3, -0.25) is 4.79 Å². The molecule has 116 valence electrons. The number of pyridine rings is 1. The van der Waals surface area contributed by atoms with Crippen molar-refractivity contribution < 1.29 is 4.79 Å². The quantitative estimate of drug-likeness (QED) is 0.852. The Morgan fingerprint density at radius 2 is 2.27 bits per heavy atom. The molecule has 3 rings (SSSR count). The molecule has 2 heterocycles. The summed E-state index contributed by atoms with van der Waals surface area (Å²) in [6.45, 7) is 2.01. The Labute approximate surface area is 138 Å². The average molecular weight is 333 g/mol. The van der Waals surface area contributed by atoms with Crippen molar-refractivity contribution >= 4 is 29.0 Å². The second-order valence-electron chi connectivity index (χ2n) is 5.37. The summed E-state index contributed by atoms with van der Waals surface area (Å²) in [5.41, 5.74) is 1.25. The lowest BCUT2D eigenvalue weighted by Crippen LogP contribution is -2.28. The van der Waals surface area contributed by atoms with Gasteiger partial charge in [-0.25, -0.2) is 9.97 Å². The van der Waals surface area contributed by atoms with E-state index >= 15 is 0 Å². The Hall–Kier alpha value is -1.40. The lowest BCUT2D eigenvalue weighted by Gasteiger charge is -2.10. The van der Waals surface area contributed by atoms with E-state index in [1.165, 1.54) is 35.2 Å². The molecule has 6 heteroatoms. The number of amides is 1. The minimum atomic E-state index is -0.0209. The maximum Gasteiger partial charge on any atom is 0.230 e. The van der Waals surface area contributed by atoms with E-state index in [2.05, 4.69) is 10.3 Å². The van der Waals surface area contributed by atoms with E-state index in [1.54, 1.807) is 17.5 Å². The maximum absolute atomic E-state index is 12.1. The predicted molar refractivity (Wildman–Crippen MR) is 90.3 cm³/mol. The highest BCUT2D eigenvalue weighted by Gasteiger charge is 2.19. The van der Waals surface area contributed by atoms with E-state index in [1.807, 2.05) is 25.1 Å². The molecule has 1 amide bonds. The third-order valence-electron chi connectivity index (χ3n) is 3.60. The first-order chi connectivity index (χ1) is 10.7. The molecule has 1 aliphatic rings. The summed E-state index contributed by atoms with van der Waals surface area (Å²) in [5, 5.41) is 4.94. The van der Waals surface area contributed by atoms with E-state index in [4.69, 9.17) is 4.98 Å². The number of nitrogens with zero attached hydrogens (tertiary/aromatic N) is 2. The number of carbonyl (C=O) groups is 1. The zero-order valence-electron chi connectivity index (χ0n) is 12.5. The number of rotatable bonds is 5. The number of thiazole rings is 1. The van der Waals surface area contributed by atoms with Crippen LogP contribution in [0.15, 0.2) is 29.4 Å². The van der Waals surface area contributed by atoms with Crippen LogP contribution in [0, 0.1) is 0 Å². The van der Waals surface area contributed by atoms with Gasteiger partial charge in [-0.05, 0) is 44.7 Å². The first-order valence-electron chi connectivity index (χ1n) is 7.54. The number of thioether (sulfide) groups is 1. The van der Waals surface area contributed by atoms with E-state index in [0.29, 0.717) is 5.75 Å². The van der Waals surface area contributed by atoms with Gasteiger partial charge in [-0.2, -0.15) is 0 Å². The Morgan fingerprint density at radius 3 is 3.05 bits per heavy atom. The van der Waals surface area contributed by atoms with Crippen LogP contribution in [-0.4, -0.2) is 21.6 Å². The summed E-state index contributed by atoms with van der Waals surface area (Å²) >= 11 is 3.21. The number of aromatic nitrogens is 2. The first-order valence-corrected chi connectivity index (χ1v) is 9.34. The smallest absolute Gasteiger partial charge is 0.230 e. The molecule has 1 aliphatic carbocycles. The Kier molecular flexibility index (Phi) is 5.10. The van der Waals surface area contributed by atoms with Crippen LogP contribution in [0.25, 0.3) is 0 Å². The van der Waals surface area contributed by atoms with Crippen molar-refractivity contribution in [3.05, 3.63) is 40.0 Å². The summed E-state index contributed by atoms with van der Waals surface area (Å²) in [6.07, 6.45) is 6.46. The number of nitrogens with one attached hydrogen (secondary N) is 1. The van der Waals surface area contributed by atoms with Gasteiger partial charge in [0.05, 0.1) is 22.5 Å². The van der Waals surface area contributed by atoms with Crippen LogP contribution in [-0.2, 0) is 17.6 Å². The highest BCUT2D eigenvalue weighted by Crippen LogP contribution is 2.29. The van der Waals surface area contributed by atoms with Gasteiger partial charge in [0.2, 0.25) is 5.91 Å². The summed E-state index contributed by atoms with van der Waals surface area (Å²) in [7, 11) is 0. The average Bonchev–Trinajstić information content (AvgIpc) is 2.98. The largest absolute Gasteiger partial charge is 0.346 e. The van der Waals surface area contributed by atoms with Gasteiger partial charge in [0.25, 0.3) is 0 Å². The van der Waals surface area contributed by atoms with Crippen LogP contribution < -0.4 is 5.32 Å². The van der Waals surface area contributed by atoms with Gasteiger partial charge >= 0.3 is 0 Å². The van der Waals surface area contributed by atoms with Gasteiger partial charge < -0.3 is 5.32 Å².